The van der Waals surface area contributed by atoms with E-state index in [0.29, 0.717) is 24.2 Å². The first-order chi connectivity index (χ1) is 11.3. The Hall–Kier alpha value is -1.55. The van der Waals surface area contributed by atoms with Gasteiger partial charge >= 0.3 is 0 Å². The molecule has 0 radical (unpaired) electrons. The summed E-state index contributed by atoms with van der Waals surface area (Å²) in [6.45, 7) is 3.32. The molecule has 1 aromatic carbocycles. The lowest BCUT2D eigenvalue weighted by Gasteiger charge is -2.34. The van der Waals surface area contributed by atoms with Gasteiger partial charge in [0.1, 0.15) is 5.75 Å². The maximum atomic E-state index is 12.5. The highest BCUT2D eigenvalue weighted by Gasteiger charge is 2.27. The number of amides is 1. The van der Waals surface area contributed by atoms with Gasteiger partial charge in [-0.1, -0.05) is 18.2 Å². The summed E-state index contributed by atoms with van der Waals surface area (Å²) in [6.07, 6.45) is 4.91. The lowest BCUT2D eigenvalue weighted by molar-refractivity contribution is -0.134. The average Bonchev–Trinajstić information content (AvgIpc) is 2.62. The molecule has 2 fully saturated rings. The lowest BCUT2D eigenvalue weighted by Crippen LogP contribution is -2.39. The van der Waals surface area contributed by atoms with E-state index in [1.807, 2.05) is 17.0 Å². The Morgan fingerprint density at radius 2 is 2.04 bits per heavy atom. The molecule has 0 N–H and O–H groups in total. The first kappa shape index (κ1) is 16.3. The molecule has 0 aromatic heterocycles. The number of benzene rings is 1. The van der Waals surface area contributed by atoms with Crippen LogP contribution in [0.4, 0.5) is 0 Å². The van der Waals surface area contributed by atoms with Crippen LogP contribution in [0.1, 0.15) is 43.6 Å². The van der Waals surface area contributed by atoms with Crippen molar-refractivity contribution in [2.75, 3.05) is 33.4 Å². The highest BCUT2D eigenvalue weighted by atomic mass is 16.5. The van der Waals surface area contributed by atoms with Gasteiger partial charge in [-0.2, -0.15) is 0 Å². The molecule has 23 heavy (non-hydrogen) atoms. The second kappa shape index (κ2) is 7.82. The first-order valence-corrected chi connectivity index (χ1v) is 8.76. The van der Waals surface area contributed by atoms with Crippen molar-refractivity contribution < 1.29 is 14.3 Å². The van der Waals surface area contributed by atoms with Crippen molar-refractivity contribution in [1.29, 1.82) is 0 Å². The number of para-hydroxylation sites is 1. The number of carbonyl (C=O) groups excluding carboxylic acids is 1. The molecule has 0 unspecified atom stereocenters. The Morgan fingerprint density at radius 1 is 1.26 bits per heavy atom. The summed E-state index contributed by atoms with van der Waals surface area (Å²) >= 11 is 0. The van der Waals surface area contributed by atoms with Crippen molar-refractivity contribution in [2.45, 2.75) is 38.0 Å². The average molecular weight is 317 g/mol. The number of piperidine rings is 1. The summed E-state index contributed by atoms with van der Waals surface area (Å²) in [4.78, 5) is 14.5. The lowest BCUT2D eigenvalue weighted by atomic mass is 9.88. The van der Waals surface area contributed by atoms with Gasteiger partial charge in [0.15, 0.2) is 0 Å². The van der Waals surface area contributed by atoms with Gasteiger partial charge in [0.2, 0.25) is 5.91 Å². The molecule has 2 aliphatic heterocycles. The van der Waals surface area contributed by atoms with Crippen molar-refractivity contribution in [3.8, 4) is 5.75 Å². The first-order valence-electron chi connectivity index (χ1n) is 8.76. The van der Waals surface area contributed by atoms with E-state index in [0.717, 1.165) is 57.7 Å². The molecule has 0 aliphatic carbocycles. The van der Waals surface area contributed by atoms with E-state index in [-0.39, 0.29) is 0 Å². The molecular weight excluding hydrogens is 290 g/mol. The van der Waals surface area contributed by atoms with Gasteiger partial charge in [-0.05, 0) is 49.1 Å². The van der Waals surface area contributed by atoms with Crippen LogP contribution in [0.3, 0.4) is 0 Å². The van der Waals surface area contributed by atoms with Crippen molar-refractivity contribution in [2.24, 2.45) is 5.92 Å². The second-order valence-electron chi connectivity index (χ2n) is 6.68. The fourth-order valence-electron chi connectivity index (χ4n) is 3.79. The number of hydrogen-bond acceptors (Lipinski definition) is 3. The molecule has 0 bridgehead atoms. The zero-order valence-electron chi connectivity index (χ0n) is 14.0. The summed E-state index contributed by atoms with van der Waals surface area (Å²) < 4.78 is 11.0. The fourth-order valence-corrected chi connectivity index (χ4v) is 3.79. The van der Waals surface area contributed by atoms with Gasteiger partial charge in [-0.25, -0.2) is 0 Å². The van der Waals surface area contributed by atoms with Gasteiger partial charge in [-0.3, -0.25) is 4.79 Å². The number of methoxy groups -OCH3 is 1. The van der Waals surface area contributed by atoms with Gasteiger partial charge in [0.25, 0.3) is 0 Å². The number of nitrogens with zero attached hydrogens (tertiary/aromatic N) is 1. The Balaban J connectivity index is 1.52. The zero-order valence-corrected chi connectivity index (χ0v) is 14.0. The quantitative estimate of drug-likeness (QED) is 0.856. The summed E-state index contributed by atoms with van der Waals surface area (Å²) in [5.41, 5.74) is 1.28. The minimum absolute atomic E-state index is 0.305. The maximum absolute atomic E-state index is 12.5. The summed E-state index contributed by atoms with van der Waals surface area (Å²) in [6, 6.07) is 8.25. The van der Waals surface area contributed by atoms with Crippen LogP contribution < -0.4 is 4.74 Å². The Labute approximate surface area is 138 Å². The number of hydrogen-bond donors (Lipinski definition) is 0. The van der Waals surface area contributed by atoms with Crippen molar-refractivity contribution in [3.05, 3.63) is 29.8 Å². The monoisotopic (exact) mass is 317 g/mol. The van der Waals surface area contributed by atoms with E-state index >= 15 is 0 Å². The molecule has 0 saturated carbocycles. The largest absolute Gasteiger partial charge is 0.496 e. The standard InChI is InChI=1S/C19H27NO3/c1-22-18-7-3-2-6-17(18)16-8-10-20(11-9-16)19(21)13-15-5-4-12-23-14-15/h2-3,6-7,15-16H,4-5,8-14H2,1H3/t15-/m1/s1. The molecule has 4 heteroatoms. The Morgan fingerprint density at radius 3 is 2.74 bits per heavy atom. The summed E-state index contributed by atoms with van der Waals surface area (Å²) in [7, 11) is 1.73. The number of likely N-dealkylation sites (tertiary alicyclic amines) is 1. The highest BCUT2D eigenvalue weighted by Crippen LogP contribution is 2.34. The molecule has 1 atom stereocenters. The molecule has 2 heterocycles. The normalized spacial score (nSPS) is 22.8. The summed E-state index contributed by atoms with van der Waals surface area (Å²) in [5.74, 6) is 2.19. The molecule has 1 amide bonds. The van der Waals surface area contributed by atoms with Crippen LogP contribution in [0.5, 0.6) is 5.75 Å². The van der Waals surface area contributed by atoms with Crippen LogP contribution in [0.25, 0.3) is 0 Å². The molecule has 2 saturated heterocycles. The Kier molecular flexibility index (Phi) is 5.55. The van der Waals surface area contributed by atoms with Crippen LogP contribution in [0.15, 0.2) is 24.3 Å². The second-order valence-corrected chi connectivity index (χ2v) is 6.68. The third-order valence-corrected chi connectivity index (χ3v) is 5.14. The van der Waals surface area contributed by atoms with Gasteiger partial charge < -0.3 is 14.4 Å². The molecule has 126 valence electrons. The van der Waals surface area contributed by atoms with Crippen LogP contribution in [0, 0.1) is 5.92 Å². The predicted octanol–water partition coefficient (Wildman–Crippen LogP) is 3.22. The third kappa shape index (κ3) is 4.05. The zero-order chi connectivity index (χ0) is 16.1. The molecular formula is C19H27NO3. The Bertz CT molecular complexity index is 517. The van der Waals surface area contributed by atoms with Crippen molar-refractivity contribution in [1.82, 2.24) is 4.90 Å². The van der Waals surface area contributed by atoms with Crippen LogP contribution in [-0.2, 0) is 9.53 Å². The van der Waals surface area contributed by atoms with Gasteiger partial charge in [0.05, 0.1) is 7.11 Å². The van der Waals surface area contributed by atoms with Crippen LogP contribution in [-0.4, -0.2) is 44.2 Å². The topological polar surface area (TPSA) is 38.8 Å². The summed E-state index contributed by atoms with van der Waals surface area (Å²) in [5, 5.41) is 0. The van der Waals surface area contributed by atoms with Gasteiger partial charge in [0, 0.05) is 32.7 Å². The van der Waals surface area contributed by atoms with Gasteiger partial charge in [-0.15, -0.1) is 0 Å². The van der Waals surface area contributed by atoms with Crippen LogP contribution >= 0.6 is 0 Å². The maximum Gasteiger partial charge on any atom is 0.222 e. The van der Waals surface area contributed by atoms with E-state index in [9.17, 15) is 4.79 Å². The molecule has 3 rings (SSSR count). The molecule has 2 aliphatic rings. The fraction of sp³-hybridized carbons (Fsp3) is 0.632. The number of carbonyl (C=O) groups is 1. The minimum atomic E-state index is 0.305. The van der Waals surface area contributed by atoms with E-state index in [2.05, 4.69) is 12.1 Å². The number of rotatable bonds is 4. The molecule has 4 nitrogen and oxygen atoms in total. The highest BCUT2D eigenvalue weighted by molar-refractivity contribution is 5.76. The van der Waals surface area contributed by atoms with Crippen LogP contribution in [0.2, 0.25) is 0 Å². The third-order valence-electron chi connectivity index (χ3n) is 5.14. The number of ether oxygens (including phenoxy) is 2. The predicted molar refractivity (Wildman–Crippen MR) is 89.7 cm³/mol. The van der Waals surface area contributed by atoms with E-state index in [1.165, 1.54) is 5.56 Å². The van der Waals surface area contributed by atoms with E-state index < -0.39 is 0 Å². The van der Waals surface area contributed by atoms with Crippen molar-refractivity contribution >= 4 is 5.91 Å². The smallest absolute Gasteiger partial charge is 0.222 e. The molecule has 0 spiro atoms. The minimum Gasteiger partial charge on any atom is -0.496 e. The SMILES string of the molecule is COc1ccccc1C1CCN(C(=O)C[C@H]2CCCOC2)CC1. The van der Waals surface area contributed by atoms with E-state index in [1.54, 1.807) is 7.11 Å². The van der Waals surface area contributed by atoms with E-state index in [4.69, 9.17) is 9.47 Å². The molecule has 1 aromatic rings. The van der Waals surface area contributed by atoms with Crippen molar-refractivity contribution in [3.63, 3.8) is 0 Å².